The fourth-order valence-electron chi connectivity index (χ4n) is 1.69. The number of hydrogen-bond acceptors (Lipinski definition) is 3. The summed E-state index contributed by atoms with van der Waals surface area (Å²) in [6, 6.07) is 0. The Hall–Kier alpha value is -0.140. The lowest BCUT2D eigenvalue weighted by molar-refractivity contribution is 0.122. The molecule has 0 bridgehead atoms. The van der Waals surface area contributed by atoms with Gasteiger partial charge in [0, 0.05) is 38.6 Å². The monoisotopic (exact) mass is 349 g/mol. The van der Waals surface area contributed by atoms with Gasteiger partial charge in [-0.25, -0.2) is 0 Å². The van der Waals surface area contributed by atoms with Gasteiger partial charge in [0.1, 0.15) is 3.70 Å². The predicted octanol–water partition coefficient (Wildman–Crippen LogP) is 1.93. The fourth-order valence-corrected chi connectivity index (χ4v) is 2.36. The summed E-state index contributed by atoms with van der Waals surface area (Å²) in [4.78, 5) is 0. The maximum atomic E-state index is 5.58. The van der Waals surface area contributed by atoms with Crippen LogP contribution >= 0.6 is 22.6 Å². The van der Waals surface area contributed by atoms with E-state index >= 15 is 0 Å². The van der Waals surface area contributed by atoms with Crippen LogP contribution < -0.4 is 5.32 Å². The van der Waals surface area contributed by atoms with Crippen molar-refractivity contribution in [3.63, 3.8) is 0 Å². The van der Waals surface area contributed by atoms with Crippen molar-refractivity contribution in [2.75, 3.05) is 19.8 Å². The SMILES string of the molecule is Cn1cc(CNCCCOCC2CC2)c(I)n1. The zero-order chi connectivity index (χ0) is 12.1. The van der Waals surface area contributed by atoms with Crippen molar-refractivity contribution in [1.82, 2.24) is 15.1 Å². The molecular weight excluding hydrogens is 329 g/mol. The van der Waals surface area contributed by atoms with Crippen molar-refractivity contribution in [2.24, 2.45) is 13.0 Å². The Kier molecular flexibility index (Phi) is 5.24. The number of hydrogen-bond donors (Lipinski definition) is 1. The quantitative estimate of drug-likeness (QED) is 0.576. The molecule has 5 heteroatoms. The highest BCUT2D eigenvalue weighted by molar-refractivity contribution is 14.1. The van der Waals surface area contributed by atoms with Gasteiger partial charge in [0.25, 0.3) is 0 Å². The minimum Gasteiger partial charge on any atom is -0.381 e. The molecule has 0 radical (unpaired) electrons. The highest BCUT2D eigenvalue weighted by Crippen LogP contribution is 2.28. The largest absolute Gasteiger partial charge is 0.381 e. The van der Waals surface area contributed by atoms with Crippen LogP contribution in [0.3, 0.4) is 0 Å². The minimum atomic E-state index is 0.875. The first-order valence-corrected chi connectivity index (χ1v) is 7.30. The number of aromatic nitrogens is 2. The summed E-state index contributed by atoms with van der Waals surface area (Å²) < 4.78 is 8.52. The Bertz CT molecular complexity index is 350. The average molecular weight is 349 g/mol. The maximum absolute atomic E-state index is 5.58. The van der Waals surface area contributed by atoms with E-state index in [1.54, 1.807) is 0 Å². The van der Waals surface area contributed by atoms with Crippen LogP contribution in [0.5, 0.6) is 0 Å². The Balaban J connectivity index is 1.49. The van der Waals surface area contributed by atoms with Crippen molar-refractivity contribution in [3.8, 4) is 0 Å². The Morgan fingerprint density at radius 1 is 1.59 bits per heavy atom. The summed E-state index contributed by atoms with van der Waals surface area (Å²) in [7, 11) is 1.96. The second-order valence-corrected chi connectivity index (χ2v) is 5.69. The Morgan fingerprint density at radius 3 is 3.06 bits per heavy atom. The normalized spacial score (nSPS) is 15.4. The molecule has 0 spiro atoms. The van der Waals surface area contributed by atoms with E-state index in [-0.39, 0.29) is 0 Å². The molecule has 0 amide bonds. The van der Waals surface area contributed by atoms with Gasteiger partial charge in [0.2, 0.25) is 0 Å². The molecule has 1 heterocycles. The summed E-state index contributed by atoms with van der Waals surface area (Å²) in [5, 5.41) is 7.73. The van der Waals surface area contributed by atoms with Crippen LogP contribution in [0.1, 0.15) is 24.8 Å². The van der Waals surface area contributed by atoms with E-state index in [2.05, 4.69) is 39.2 Å². The van der Waals surface area contributed by atoms with Gasteiger partial charge in [-0.1, -0.05) is 0 Å². The Labute approximate surface area is 116 Å². The zero-order valence-corrected chi connectivity index (χ0v) is 12.4. The molecule has 17 heavy (non-hydrogen) atoms. The number of nitrogens with zero attached hydrogens (tertiary/aromatic N) is 2. The van der Waals surface area contributed by atoms with E-state index in [0.717, 1.165) is 42.3 Å². The van der Waals surface area contributed by atoms with Crippen molar-refractivity contribution >= 4 is 22.6 Å². The van der Waals surface area contributed by atoms with E-state index in [0.29, 0.717) is 0 Å². The van der Waals surface area contributed by atoms with Gasteiger partial charge in [-0.15, -0.1) is 0 Å². The van der Waals surface area contributed by atoms with Gasteiger partial charge in [-0.05, 0) is 54.3 Å². The topological polar surface area (TPSA) is 39.1 Å². The highest BCUT2D eigenvalue weighted by atomic mass is 127. The Morgan fingerprint density at radius 2 is 2.41 bits per heavy atom. The molecule has 0 atom stereocenters. The molecule has 0 aromatic carbocycles. The van der Waals surface area contributed by atoms with E-state index in [4.69, 9.17) is 4.74 Å². The van der Waals surface area contributed by atoms with E-state index in [1.807, 2.05) is 11.7 Å². The third-order valence-corrected chi connectivity index (χ3v) is 3.77. The van der Waals surface area contributed by atoms with Crippen molar-refractivity contribution in [1.29, 1.82) is 0 Å². The molecule has 0 unspecified atom stereocenters. The smallest absolute Gasteiger partial charge is 0.127 e. The van der Waals surface area contributed by atoms with Crippen LogP contribution in [-0.4, -0.2) is 29.5 Å². The van der Waals surface area contributed by atoms with Gasteiger partial charge in [-0.2, -0.15) is 5.10 Å². The third kappa shape index (κ3) is 4.93. The zero-order valence-electron chi connectivity index (χ0n) is 10.3. The second kappa shape index (κ2) is 6.70. The molecule has 0 aliphatic heterocycles. The molecular formula is C12H20IN3O. The van der Waals surface area contributed by atoms with Crippen molar-refractivity contribution in [3.05, 3.63) is 15.5 Å². The first-order valence-electron chi connectivity index (χ1n) is 6.22. The summed E-state index contributed by atoms with van der Waals surface area (Å²) in [5.74, 6) is 0.875. The van der Waals surface area contributed by atoms with Gasteiger partial charge >= 0.3 is 0 Å². The van der Waals surface area contributed by atoms with Gasteiger partial charge < -0.3 is 10.1 Å². The van der Waals surface area contributed by atoms with Crippen LogP contribution in [0.2, 0.25) is 0 Å². The summed E-state index contributed by atoms with van der Waals surface area (Å²) in [6.45, 7) is 3.76. The van der Waals surface area contributed by atoms with E-state index < -0.39 is 0 Å². The molecule has 1 saturated carbocycles. The van der Waals surface area contributed by atoms with E-state index in [1.165, 1.54) is 18.4 Å². The molecule has 1 aromatic rings. The van der Waals surface area contributed by atoms with Crippen LogP contribution in [0.15, 0.2) is 6.20 Å². The molecule has 96 valence electrons. The van der Waals surface area contributed by atoms with Gasteiger partial charge in [0.15, 0.2) is 0 Å². The first kappa shape index (κ1) is 13.3. The fraction of sp³-hybridized carbons (Fsp3) is 0.750. The minimum absolute atomic E-state index is 0.875. The van der Waals surface area contributed by atoms with E-state index in [9.17, 15) is 0 Å². The van der Waals surface area contributed by atoms with Crippen LogP contribution in [0.25, 0.3) is 0 Å². The number of nitrogens with one attached hydrogen (secondary N) is 1. The molecule has 1 fully saturated rings. The number of aryl methyl sites for hydroxylation is 1. The molecule has 0 saturated heterocycles. The predicted molar refractivity (Wildman–Crippen MR) is 75.8 cm³/mol. The number of halogens is 1. The lowest BCUT2D eigenvalue weighted by Gasteiger charge is -2.04. The molecule has 1 aromatic heterocycles. The van der Waals surface area contributed by atoms with Gasteiger partial charge in [-0.3, -0.25) is 4.68 Å². The molecule has 1 N–H and O–H groups in total. The van der Waals surface area contributed by atoms with Crippen molar-refractivity contribution < 1.29 is 4.74 Å². The van der Waals surface area contributed by atoms with Crippen molar-refractivity contribution in [2.45, 2.75) is 25.8 Å². The van der Waals surface area contributed by atoms with Gasteiger partial charge in [0.05, 0.1) is 0 Å². The standard InChI is InChI=1S/C12H20IN3O/c1-16-8-11(12(13)15-16)7-14-5-2-6-17-9-10-3-4-10/h8,10,14H,2-7,9H2,1H3. The summed E-state index contributed by atoms with van der Waals surface area (Å²) >= 11 is 2.27. The third-order valence-electron chi connectivity index (χ3n) is 2.86. The summed E-state index contributed by atoms with van der Waals surface area (Å²) in [5.41, 5.74) is 1.27. The molecule has 2 rings (SSSR count). The first-order chi connectivity index (χ1) is 8.25. The summed E-state index contributed by atoms with van der Waals surface area (Å²) in [6.07, 6.45) is 5.90. The lowest BCUT2D eigenvalue weighted by Crippen LogP contribution is -2.16. The number of rotatable bonds is 8. The lowest BCUT2D eigenvalue weighted by atomic mass is 10.3. The van der Waals surface area contributed by atoms with Crippen LogP contribution in [0, 0.1) is 9.62 Å². The average Bonchev–Trinajstić information content (AvgIpc) is 3.04. The molecule has 1 aliphatic carbocycles. The maximum Gasteiger partial charge on any atom is 0.127 e. The molecule has 4 nitrogen and oxygen atoms in total. The highest BCUT2D eigenvalue weighted by Gasteiger charge is 2.20. The number of ether oxygens (including phenoxy) is 1. The molecule has 1 aliphatic rings. The second-order valence-electron chi connectivity index (χ2n) is 4.67. The van der Waals surface area contributed by atoms with Crippen LogP contribution in [0.4, 0.5) is 0 Å². The van der Waals surface area contributed by atoms with Crippen LogP contribution in [-0.2, 0) is 18.3 Å².